The predicted octanol–water partition coefficient (Wildman–Crippen LogP) is 3.45. The first-order valence-electron chi connectivity index (χ1n) is 7.44. The minimum absolute atomic E-state index is 0.232. The Labute approximate surface area is 142 Å². The fraction of sp³-hybridized carbons (Fsp3) is 0.250. The molecule has 124 valence electrons. The number of nitrogens with one attached hydrogen (secondary N) is 1. The Morgan fingerprint density at radius 2 is 2.21 bits per heavy atom. The maximum atomic E-state index is 5.98. The van der Waals surface area contributed by atoms with E-state index in [1.165, 1.54) is 0 Å². The fourth-order valence-electron chi connectivity index (χ4n) is 2.56. The van der Waals surface area contributed by atoms with E-state index in [0.29, 0.717) is 28.6 Å². The number of fused-ring (bicyclic) bond motifs is 1. The normalized spacial score (nSPS) is 13.9. The van der Waals surface area contributed by atoms with Crippen LogP contribution >= 0.6 is 12.2 Å². The molecule has 3 heterocycles. The van der Waals surface area contributed by atoms with Crippen molar-refractivity contribution < 1.29 is 18.6 Å². The minimum Gasteiger partial charge on any atom is -0.483 e. The lowest BCUT2D eigenvalue weighted by Crippen LogP contribution is -2.12. The van der Waals surface area contributed by atoms with Gasteiger partial charge in [0.05, 0.1) is 12.8 Å². The van der Waals surface area contributed by atoms with Crippen LogP contribution in [-0.2, 0) is 6.54 Å². The van der Waals surface area contributed by atoms with Crippen molar-refractivity contribution in [3.8, 4) is 17.2 Å². The molecule has 1 atom stereocenters. The maximum Gasteiger partial charge on any atom is 0.231 e. The van der Waals surface area contributed by atoms with E-state index in [2.05, 4.69) is 10.2 Å². The van der Waals surface area contributed by atoms with Gasteiger partial charge in [0.25, 0.3) is 0 Å². The number of furan rings is 1. The summed E-state index contributed by atoms with van der Waals surface area (Å²) in [4.78, 5) is 0. The minimum atomic E-state index is -0.312. The molecule has 0 amide bonds. The molecule has 1 N–H and O–H groups in total. The molecule has 0 bridgehead atoms. The lowest BCUT2D eigenvalue weighted by Gasteiger charge is -2.15. The summed E-state index contributed by atoms with van der Waals surface area (Å²) in [6.45, 7) is 2.64. The molecule has 0 saturated heterocycles. The second-order valence-electron chi connectivity index (χ2n) is 5.33. The molecular formula is C16H15N3O4S. The van der Waals surface area contributed by atoms with E-state index >= 15 is 0 Å². The van der Waals surface area contributed by atoms with Gasteiger partial charge in [-0.2, -0.15) is 5.10 Å². The van der Waals surface area contributed by atoms with Gasteiger partial charge in [-0.1, -0.05) is 0 Å². The molecule has 8 heteroatoms. The van der Waals surface area contributed by atoms with Crippen molar-refractivity contribution in [2.45, 2.75) is 19.6 Å². The lowest BCUT2D eigenvalue weighted by atomic mass is 10.3. The summed E-state index contributed by atoms with van der Waals surface area (Å²) in [7, 11) is 0. The van der Waals surface area contributed by atoms with Gasteiger partial charge in [0.15, 0.2) is 28.2 Å². The second kappa shape index (κ2) is 6.04. The largest absolute Gasteiger partial charge is 0.483 e. The standard InChI is InChI=1S/C16H15N3O4S/c1-10(23-11-4-5-13-14(7-11)22-9-21-13)15-17-18-16(24)19(15)8-12-3-2-6-20-12/h2-7,10H,8-9H2,1H3,(H,18,24). The molecular weight excluding hydrogens is 330 g/mol. The van der Waals surface area contributed by atoms with Crippen LogP contribution in [0.1, 0.15) is 24.6 Å². The summed E-state index contributed by atoms with van der Waals surface area (Å²) in [6.07, 6.45) is 1.32. The van der Waals surface area contributed by atoms with Crippen molar-refractivity contribution >= 4 is 12.2 Å². The van der Waals surface area contributed by atoms with Crippen LogP contribution in [-0.4, -0.2) is 21.6 Å². The maximum absolute atomic E-state index is 5.98. The van der Waals surface area contributed by atoms with Gasteiger partial charge in [0, 0.05) is 6.07 Å². The number of ether oxygens (including phenoxy) is 3. The zero-order valence-electron chi connectivity index (χ0n) is 12.9. The van der Waals surface area contributed by atoms with E-state index in [-0.39, 0.29) is 12.9 Å². The molecule has 1 aliphatic rings. The molecule has 24 heavy (non-hydrogen) atoms. The Bertz CT molecular complexity index is 900. The molecule has 1 aliphatic heterocycles. The zero-order chi connectivity index (χ0) is 16.5. The first kappa shape index (κ1) is 14.8. The Hall–Kier alpha value is -2.74. The number of aromatic nitrogens is 3. The van der Waals surface area contributed by atoms with Gasteiger partial charge in [0.2, 0.25) is 6.79 Å². The summed E-state index contributed by atoms with van der Waals surface area (Å²) in [5.41, 5.74) is 0. The van der Waals surface area contributed by atoms with E-state index in [1.54, 1.807) is 12.3 Å². The van der Waals surface area contributed by atoms with Crippen LogP contribution in [0.4, 0.5) is 0 Å². The highest BCUT2D eigenvalue weighted by atomic mass is 32.1. The third-order valence-corrected chi connectivity index (χ3v) is 4.01. The summed E-state index contributed by atoms with van der Waals surface area (Å²) < 4.78 is 24.4. The van der Waals surface area contributed by atoms with E-state index in [0.717, 1.165) is 11.5 Å². The quantitative estimate of drug-likeness (QED) is 0.714. The molecule has 0 spiro atoms. The third kappa shape index (κ3) is 2.76. The van der Waals surface area contributed by atoms with Crippen molar-refractivity contribution in [3.05, 3.63) is 53.0 Å². The smallest absolute Gasteiger partial charge is 0.231 e. The van der Waals surface area contributed by atoms with Crippen molar-refractivity contribution in [3.63, 3.8) is 0 Å². The van der Waals surface area contributed by atoms with Crippen molar-refractivity contribution in [1.82, 2.24) is 14.8 Å². The molecule has 7 nitrogen and oxygen atoms in total. The molecule has 4 rings (SSSR count). The number of hydrogen-bond acceptors (Lipinski definition) is 6. The number of nitrogens with zero attached hydrogens (tertiary/aromatic N) is 2. The Balaban J connectivity index is 1.56. The van der Waals surface area contributed by atoms with Gasteiger partial charge in [0.1, 0.15) is 11.5 Å². The van der Waals surface area contributed by atoms with E-state index in [9.17, 15) is 0 Å². The van der Waals surface area contributed by atoms with Crippen molar-refractivity contribution in [2.75, 3.05) is 6.79 Å². The highest BCUT2D eigenvalue weighted by Gasteiger charge is 2.19. The van der Waals surface area contributed by atoms with Crippen LogP contribution in [0, 0.1) is 4.77 Å². The molecule has 1 unspecified atom stereocenters. The van der Waals surface area contributed by atoms with Crippen molar-refractivity contribution in [1.29, 1.82) is 0 Å². The van der Waals surface area contributed by atoms with Gasteiger partial charge in [-0.3, -0.25) is 9.67 Å². The Morgan fingerprint density at radius 1 is 1.33 bits per heavy atom. The molecule has 3 aromatic rings. The molecule has 0 radical (unpaired) electrons. The van der Waals surface area contributed by atoms with Crippen LogP contribution in [0.25, 0.3) is 0 Å². The number of benzene rings is 1. The van der Waals surface area contributed by atoms with E-state index in [4.69, 9.17) is 30.8 Å². The molecule has 2 aromatic heterocycles. The van der Waals surface area contributed by atoms with E-state index in [1.807, 2.05) is 35.8 Å². The summed E-state index contributed by atoms with van der Waals surface area (Å²) >= 11 is 5.31. The number of aromatic amines is 1. The average molecular weight is 345 g/mol. The molecule has 1 aromatic carbocycles. The first-order valence-corrected chi connectivity index (χ1v) is 7.85. The topological polar surface area (TPSA) is 74.4 Å². The molecule has 0 aliphatic carbocycles. The number of H-pyrrole nitrogens is 1. The van der Waals surface area contributed by atoms with Gasteiger partial charge in [-0.15, -0.1) is 0 Å². The van der Waals surface area contributed by atoms with Crippen molar-refractivity contribution in [2.24, 2.45) is 0 Å². The van der Waals surface area contributed by atoms with Crippen LogP contribution in [0.5, 0.6) is 17.2 Å². The lowest BCUT2D eigenvalue weighted by molar-refractivity contribution is 0.173. The Morgan fingerprint density at radius 3 is 3.04 bits per heavy atom. The SMILES string of the molecule is CC(Oc1ccc2c(c1)OCO2)c1n[nH]c(=S)n1Cc1ccco1. The van der Waals surface area contributed by atoms with Crippen LogP contribution in [0.2, 0.25) is 0 Å². The summed E-state index contributed by atoms with van der Waals surface area (Å²) in [5.74, 6) is 3.55. The highest BCUT2D eigenvalue weighted by molar-refractivity contribution is 7.71. The monoisotopic (exact) mass is 345 g/mol. The van der Waals surface area contributed by atoms with Crippen LogP contribution < -0.4 is 14.2 Å². The van der Waals surface area contributed by atoms with Gasteiger partial charge >= 0.3 is 0 Å². The average Bonchev–Trinajstić information content (AvgIpc) is 3.30. The fourth-order valence-corrected chi connectivity index (χ4v) is 2.76. The number of hydrogen-bond donors (Lipinski definition) is 1. The summed E-state index contributed by atoms with van der Waals surface area (Å²) in [5, 5.41) is 7.10. The number of rotatable bonds is 5. The second-order valence-corrected chi connectivity index (χ2v) is 5.71. The van der Waals surface area contributed by atoms with Gasteiger partial charge < -0.3 is 18.6 Å². The summed E-state index contributed by atoms with van der Waals surface area (Å²) in [6, 6.07) is 9.19. The highest BCUT2D eigenvalue weighted by Crippen LogP contribution is 2.36. The Kier molecular flexibility index (Phi) is 3.73. The van der Waals surface area contributed by atoms with Crippen LogP contribution in [0.3, 0.4) is 0 Å². The van der Waals surface area contributed by atoms with Gasteiger partial charge in [-0.25, -0.2) is 0 Å². The molecule has 0 saturated carbocycles. The third-order valence-electron chi connectivity index (χ3n) is 3.70. The van der Waals surface area contributed by atoms with E-state index < -0.39 is 0 Å². The first-order chi connectivity index (χ1) is 11.7. The van der Waals surface area contributed by atoms with Crippen LogP contribution in [0.15, 0.2) is 41.0 Å². The molecule has 0 fully saturated rings. The zero-order valence-corrected chi connectivity index (χ0v) is 13.7. The predicted molar refractivity (Wildman–Crippen MR) is 86.8 cm³/mol. The van der Waals surface area contributed by atoms with Gasteiger partial charge in [-0.05, 0) is 43.4 Å².